The van der Waals surface area contributed by atoms with Crippen molar-refractivity contribution in [1.82, 2.24) is 25.2 Å². The summed E-state index contributed by atoms with van der Waals surface area (Å²) in [7, 11) is 0. The summed E-state index contributed by atoms with van der Waals surface area (Å²) in [5, 5.41) is 15.0. The second-order valence-electron chi connectivity index (χ2n) is 4.58. The van der Waals surface area contributed by atoms with Gasteiger partial charge < -0.3 is 5.32 Å². The Morgan fingerprint density at radius 1 is 1.24 bits per heavy atom. The molecular formula is C14H13ClN6. The van der Waals surface area contributed by atoms with Gasteiger partial charge in [0.05, 0.1) is 5.69 Å². The first-order chi connectivity index (χ1) is 10.2. The summed E-state index contributed by atoms with van der Waals surface area (Å²) in [5.41, 5.74) is 2.96. The van der Waals surface area contributed by atoms with Crippen molar-refractivity contribution < 1.29 is 0 Å². The highest BCUT2D eigenvalue weighted by Crippen LogP contribution is 2.22. The van der Waals surface area contributed by atoms with Gasteiger partial charge in [0.15, 0.2) is 0 Å². The predicted octanol–water partition coefficient (Wildman–Crippen LogP) is 2.88. The van der Waals surface area contributed by atoms with E-state index in [9.17, 15) is 0 Å². The van der Waals surface area contributed by atoms with Crippen molar-refractivity contribution in [3.63, 3.8) is 0 Å². The fourth-order valence-electron chi connectivity index (χ4n) is 2.04. The molecule has 0 bridgehead atoms. The first-order valence-electron chi connectivity index (χ1n) is 6.44. The third-order valence-electron chi connectivity index (χ3n) is 3.09. The molecule has 7 heteroatoms. The first kappa shape index (κ1) is 13.5. The molecule has 0 aliphatic carbocycles. The van der Waals surface area contributed by atoms with E-state index in [1.54, 1.807) is 23.3 Å². The van der Waals surface area contributed by atoms with Crippen LogP contribution in [-0.4, -0.2) is 25.2 Å². The fourth-order valence-corrected chi connectivity index (χ4v) is 2.22. The molecule has 3 aromatic rings. The minimum atomic E-state index is 0.111. The zero-order valence-electron chi connectivity index (χ0n) is 11.3. The Morgan fingerprint density at radius 2 is 2.14 bits per heavy atom. The highest BCUT2D eigenvalue weighted by molar-refractivity contribution is 6.29. The molecule has 106 valence electrons. The average molecular weight is 301 g/mol. The molecule has 0 aliphatic rings. The molecule has 1 atom stereocenters. The minimum absolute atomic E-state index is 0.111. The second-order valence-corrected chi connectivity index (χ2v) is 4.97. The summed E-state index contributed by atoms with van der Waals surface area (Å²) in [6.45, 7) is 2.08. The Balaban J connectivity index is 1.81. The largest absolute Gasteiger partial charge is 0.378 e. The molecule has 3 rings (SSSR count). The van der Waals surface area contributed by atoms with E-state index in [4.69, 9.17) is 11.6 Å². The van der Waals surface area contributed by atoms with Gasteiger partial charge in [0.25, 0.3) is 0 Å². The van der Waals surface area contributed by atoms with Crippen LogP contribution in [0.25, 0.3) is 5.69 Å². The van der Waals surface area contributed by atoms with E-state index in [2.05, 4.69) is 32.7 Å². The van der Waals surface area contributed by atoms with E-state index >= 15 is 0 Å². The summed E-state index contributed by atoms with van der Waals surface area (Å²) in [6, 6.07) is 11.8. The number of tetrazole rings is 1. The van der Waals surface area contributed by atoms with E-state index in [1.807, 2.05) is 30.3 Å². The highest BCUT2D eigenvalue weighted by Gasteiger charge is 2.07. The zero-order valence-corrected chi connectivity index (χ0v) is 12.1. The van der Waals surface area contributed by atoms with Gasteiger partial charge in [-0.05, 0) is 47.2 Å². The van der Waals surface area contributed by atoms with Crippen molar-refractivity contribution in [2.45, 2.75) is 13.0 Å². The molecule has 0 radical (unpaired) electrons. The van der Waals surface area contributed by atoms with Gasteiger partial charge in [-0.15, -0.1) is 5.10 Å². The van der Waals surface area contributed by atoms with Crippen LogP contribution in [0.5, 0.6) is 0 Å². The van der Waals surface area contributed by atoms with Crippen LogP contribution in [0.2, 0.25) is 5.15 Å². The zero-order chi connectivity index (χ0) is 14.7. The van der Waals surface area contributed by atoms with E-state index < -0.39 is 0 Å². The third kappa shape index (κ3) is 3.17. The lowest BCUT2D eigenvalue weighted by molar-refractivity contribution is 0.785. The average Bonchev–Trinajstić information content (AvgIpc) is 3.02. The lowest BCUT2D eigenvalue weighted by atomic mass is 10.1. The predicted molar refractivity (Wildman–Crippen MR) is 80.4 cm³/mol. The molecule has 1 N–H and O–H groups in total. The van der Waals surface area contributed by atoms with Crippen LogP contribution in [-0.2, 0) is 0 Å². The highest BCUT2D eigenvalue weighted by atomic mass is 35.5. The first-order valence-corrected chi connectivity index (χ1v) is 6.81. The smallest absolute Gasteiger partial charge is 0.143 e. The maximum absolute atomic E-state index is 5.89. The number of rotatable bonds is 4. The van der Waals surface area contributed by atoms with E-state index in [0.29, 0.717) is 5.15 Å². The molecule has 2 aromatic heterocycles. The van der Waals surface area contributed by atoms with E-state index in [-0.39, 0.29) is 6.04 Å². The minimum Gasteiger partial charge on any atom is -0.378 e. The molecule has 0 saturated carbocycles. The van der Waals surface area contributed by atoms with Crippen molar-refractivity contribution in [3.8, 4) is 5.69 Å². The molecule has 1 aromatic carbocycles. The second kappa shape index (κ2) is 5.88. The van der Waals surface area contributed by atoms with Crippen molar-refractivity contribution in [2.75, 3.05) is 5.32 Å². The fraction of sp³-hybridized carbons (Fsp3) is 0.143. The molecule has 0 saturated heterocycles. The normalized spacial score (nSPS) is 12.1. The summed E-state index contributed by atoms with van der Waals surface area (Å²) < 4.78 is 1.62. The molecule has 6 nitrogen and oxygen atoms in total. The Labute approximate surface area is 126 Å². The number of nitrogens with one attached hydrogen (secondary N) is 1. The number of halogens is 1. The topological polar surface area (TPSA) is 68.5 Å². The summed E-state index contributed by atoms with van der Waals surface area (Å²) >= 11 is 5.89. The van der Waals surface area contributed by atoms with Crippen LogP contribution in [0.15, 0.2) is 48.9 Å². The molecule has 0 fully saturated rings. The lowest BCUT2D eigenvalue weighted by Gasteiger charge is -2.16. The Bertz CT molecular complexity index is 728. The SMILES string of the molecule is CC(Nc1ccnc(Cl)c1)c1cccc(-n2cnnn2)c1. The van der Waals surface area contributed by atoms with Gasteiger partial charge in [-0.2, -0.15) is 0 Å². The molecule has 0 spiro atoms. The van der Waals surface area contributed by atoms with Gasteiger partial charge in [0, 0.05) is 17.9 Å². The van der Waals surface area contributed by atoms with Gasteiger partial charge >= 0.3 is 0 Å². The standard InChI is InChI=1S/C14H13ClN6/c1-10(18-12-5-6-16-14(15)8-12)11-3-2-4-13(7-11)21-9-17-19-20-21/h2-10H,1H3,(H,16,18). The van der Waals surface area contributed by atoms with Crippen molar-refractivity contribution in [2.24, 2.45) is 0 Å². The summed E-state index contributed by atoms with van der Waals surface area (Å²) in [5.74, 6) is 0. The van der Waals surface area contributed by atoms with Crippen molar-refractivity contribution >= 4 is 17.3 Å². The van der Waals surface area contributed by atoms with Gasteiger partial charge in [-0.25, -0.2) is 9.67 Å². The number of hydrogen-bond donors (Lipinski definition) is 1. The number of nitrogens with zero attached hydrogens (tertiary/aromatic N) is 5. The maximum Gasteiger partial charge on any atom is 0.143 e. The molecule has 2 heterocycles. The number of aromatic nitrogens is 5. The van der Waals surface area contributed by atoms with Crippen molar-refractivity contribution in [1.29, 1.82) is 0 Å². The number of pyridine rings is 1. The van der Waals surface area contributed by atoms with Crippen LogP contribution >= 0.6 is 11.6 Å². The maximum atomic E-state index is 5.89. The number of hydrogen-bond acceptors (Lipinski definition) is 5. The quantitative estimate of drug-likeness (QED) is 0.750. The van der Waals surface area contributed by atoms with Crippen LogP contribution < -0.4 is 5.32 Å². The Hall–Kier alpha value is -2.47. The van der Waals surface area contributed by atoms with Crippen LogP contribution in [0.1, 0.15) is 18.5 Å². The number of anilines is 1. The van der Waals surface area contributed by atoms with Gasteiger partial charge in [0.1, 0.15) is 11.5 Å². The summed E-state index contributed by atoms with van der Waals surface area (Å²) in [4.78, 5) is 3.97. The van der Waals surface area contributed by atoms with E-state index in [1.165, 1.54) is 0 Å². The molecule has 21 heavy (non-hydrogen) atoms. The van der Waals surface area contributed by atoms with Gasteiger partial charge in [-0.1, -0.05) is 23.7 Å². The van der Waals surface area contributed by atoms with Gasteiger partial charge in [-0.3, -0.25) is 0 Å². The van der Waals surface area contributed by atoms with Crippen LogP contribution in [0.4, 0.5) is 5.69 Å². The van der Waals surface area contributed by atoms with Crippen LogP contribution in [0, 0.1) is 0 Å². The van der Waals surface area contributed by atoms with E-state index in [0.717, 1.165) is 16.9 Å². The Kier molecular flexibility index (Phi) is 3.79. The monoisotopic (exact) mass is 300 g/mol. The molecule has 0 amide bonds. The van der Waals surface area contributed by atoms with Crippen LogP contribution in [0.3, 0.4) is 0 Å². The Morgan fingerprint density at radius 3 is 2.90 bits per heavy atom. The third-order valence-corrected chi connectivity index (χ3v) is 3.30. The van der Waals surface area contributed by atoms with Gasteiger partial charge in [0.2, 0.25) is 0 Å². The molecule has 1 unspecified atom stereocenters. The lowest BCUT2D eigenvalue weighted by Crippen LogP contribution is -2.07. The van der Waals surface area contributed by atoms with Crippen molar-refractivity contribution in [3.05, 3.63) is 59.6 Å². The summed E-state index contributed by atoms with van der Waals surface area (Å²) in [6.07, 6.45) is 3.24. The number of benzene rings is 1. The molecular weight excluding hydrogens is 288 g/mol. The molecule has 0 aliphatic heterocycles.